The quantitative estimate of drug-likeness (QED) is 0.204. The van der Waals surface area contributed by atoms with Crippen molar-refractivity contribution in [3.05, 3.63) is 133 Å². The minimum Gasteiger partial charge on any atom is -0.456 e. The average Bonchev–Trinajstić information content (AvgIpc) is 3.38. The SMILES string of the molecule is CC(C)(C)c1cc(-c2ccc3c(c2)oc2ccccc23)cc(-c2ccc3c4ccccc4c4ccccc4c3c2)c1. The van der Waals surface area contributed by atoms with Gasteiger partial charge < -0.3 is 4.42 Å². The van der Waals surface area contributed by atoms with E-state index < -0.39 is 0 Å². The van der Waals surface area contributed by atoms with Crippen LogP contribution in [0.1, 0.15) is 26.3 Å². The highest BCUT2D eigenvalue weighted by atomic mass is 16.3. The van der Waals surface area contributed by atoms with Gasteiger partial charge in [0.1, 0.15) is 11.2 Å². The van der Waals surface area contributed by atoms with Crippen LogP contribution in [-0.4, -0.2) is 0 Å². The number of para-hydroxylation sites is 1. The average molecular weight is 527 g/mol. The van der Waals surface area contributed by atoms with Crippen LogP contribution < -0.4 is 0 Å². The summed E-state index contributed by atoms with van der Waals surface area (Å²) in [7, 11) is 0. The van der Waals surface area contributed by atoms with Gasteiger partial charge in [-0.15, -0.1) is 0 Å². The van der Waals surface area contributed by atoms with Crippen molar-refractivity contribution in [3.63, 3.8) is 0 Å². The molecular formula is C40H30O. The molecule has 0 aliphatic heterocycles. The van der Waals surface area contributed by atoms with Gasteiger partial charge in [0, 0.05) is 10.8 Å². The first-order valence-corrected chi connectivity index (χ1v) is 14.3. The molecule has 0 spiro atoms. The molecule has 0 saturated heterocycles. The van der Waals surface area contributed by atoms with Crippen LogP contribution in [0.5, 0.6) is 0 Å². The molecule has 0 fully saturated rings. The van der Waals surface area contributed by atoms with Crippen LogP contribution in [0.15, 0.2) is 132 Å². The summed E-state index contributed by atoms with van der Waals surface area (Å²) in [4.78, 5) is 0. The molecule has 0 saturated carbocycles. The number of hydrogen-bond donors (Lipinski definition) is 0. The van der Waals surface area contributed by atoms with E-state index in [-0.39, 0.29) is 5.41 Å². The first-order chi connectivity index (χ1) is 19.9. The van der Waals surface area contributed by atoms with Crippen LogP contribution in [-0.2, 0) is 5.41 Å². The molecular weight excluding hydrogens is 496 g/mol. The van der Waals surface area contributed by atoms with E-state index in [0.717, 1.165) is 21.9 Å². The van der Waals surface area contributed by atoms with E-state index in [0.29, 0.717) is 0 Å². The Morgan fingerprint density at radius 2 is 0.829 bits per heavy atom. The lowest BCUT2D eigenvalue weighted by atomic mass is 9.83. The van der Waals surface area contributed by atoms with Crippen molar-refractivity contribution in [3.8, 4) is 22.3 Å². The first-order valence-electron chi connectivity index (χ1n) is 14.3. The van der Waals surface area contributed by atoms with Gasteiger partial charge in [-0.1, -0.05) is 118 Å². The van der Waals surface area contributed by atoms with Crippen molar-refractivity contribution in [1.82, 2.24) is 0 Å². The fraction of sp³-hybridized carbons (Fsp3) is 0.100. The zero-order valence-corrected chi connectivity index (χ0v) is 23.5. The normalized spacial score (nSPS) is 12.3. The van der Waals surface area contributed by atoms with E-state index in [4.69, 9.17) is 4.42 Å². The highest BCUT2D eigenvalue weighted by molar-refractivity contribution is 6.25. The molecule has 0 radical (unpaired) electrons. The standard InChI is InChI=1S/C40H30O/c1-40(2,3)29-21-27(20-28(22-29)26-17-19-36-35-14-8-9-15-38(35)41-39(36)24-26)25-16-18-34-32-12-5-4-10-30(32)31-11-6-7-13-33(31)37(34)23-25/h4-24H,1-3H3. The van der Waals surface area contributed by atoms with E-state index in [1.165, 1.54) is 60.1 Å². The molecule has 7 aromatic carbocycles. The Labute approximate surface area is 239 Å². The molecule has 1 heteroatoms. The summed E-state index contributed by atoms with van der Waals surface area (Å²) < 4.78 is 6.25. The van der Waals surface area contributed by atoms with Crippen molar-refractivity contribution < 1.29 is 4.42 Å². The molecule has 8 aromatic rings. The van der Waals surface area contributed by atoms with Gasteiger partial charge in [-0.2, -0.15) is 0 Å². The van der Waals surface area contributed by atoms with Gasteiger partial charge >= 0.3 is 0 Å². The Kier molecular flexibility index (Phi) is 5.15. The van der Waals surface area contributed by atoms with Crippen LogP contribution >= 0.6 is 0 Å². The van der Waals surface area contributed by atoms with Crippen molar-refractivity contribution in [1.29, 1.82) is 0 Å². The van der Waals surface area contributed by atoms with Gasteiger partial charge in [-0.05, 0) is 95.9 Å². The van der Waals surface area contributed by atoms with Gasteiger partial charge in [0.25, 0.3) is 0 Å². The highest BCUT2D eigenvalue weighted by Gasteiger charge is 2.18. The Hall–Kier alpha value is -4.88. The van der Waals surface area contributed by atoms with Gasteiger partial charge in [0.2, 0.25) is 0 Å². The lowest BCUT2D eigenvalue weighted by molar-refractivity contribution is 0.590. The van der Waals surface area contributed by atoms with Gasteiger partial charge in [0.15, 0.2) is 0 Å². The Balaban J connectivity index is 1.35. The van der Waals surface area contributed by atoms with Gasteiger partial charge in [-0.3, -0.25) is 0 Å². The van der Waals surface area contributed by atoms with Gasteiger partial charge in [-0.25, -0.2) is 0 Å². The molecule has 0 amide bonds. The summed E-state index contributed by atoms with van der Waals surface area (Å²) in [6.45, 7) is 6.87. The van der Waals surface area contributed by atoms with Crippen LogP contribution in [0.3, 0.4) is 0 Å². The molecule has 0 N–H and O–H groups in total. The zero-order valence-electron chi connectivity index (χ0n) is 23.5. The predicted octanol–water partition coefficient (Wildman–Crippen LogP) is 11.7. The summed E-state index contributed by atoms with van der Waals surface area (Å²) in [5.74, 6) is 0. The van der Waals surface area contributed by atoms with E-state index in [1.807, 2.05) is 12.1 Å². The fourth-order valence-corrected chi connectivity index (χ4v) is 6.39. The smallest absolute Gasteiger partial charge is 0.136 e. The molecule has 0 bridgehead atoms. The van der Waals surface area contributed by atoms with Crippen LogP contribution in [0, 0.1) is 0 Å². The Bertz CT molecular complexity index is 2260. The summed E-state index contributed by atoms with van der Waals surface area (Å²) in [5.41, 5.74) is 8.02. The predicted molar refractivity (Wildman–Crippen MR) is 176 cm³/mol. The topological polar surface area (TPSA) is 13.1 Å². The molecule has 0 atom stereocenters. The zero-order chi connectivity index (χ0) is 27.7. The molecule has 1 heterocycles. The van der Waals surface area contributed by atoms with E-state index >= 15 is 0 Å². The fourth-order valence-electron chi connectivity index (χ4n) is 6.39. The highest BCUT2D eigenvalue weighted by Crippen LogP contribution is 2.40. The Morgan fingerprint density at radius 1 is 0.366 bits per heavy atom. The third-order valence-corrected chi connectivity index (χ3v) is 8.59. The van der Waals surface area contributed by atoms with Crippen molar-refractivity contribution in [2.24, 2.45) is 0 Å². The number of fused-ring (bicyclic) bond motifs is 9. The van der Waals surface area contributed by atoms with Crippen LogP contribution in [0.4, 0.5) is 0 Å². The third kappa shape index (κ3) is 3.84. The molecule has 0 aliphatic rings. The maximum absolute atomic E-state index is 6.25. The van der Waals surface area contributed by atoms with Crippen molar-refractivity contribution in [2.75, 3.05) is 0 Å². The minimum atomic E-state index is 0.00791. The monoisotopic (exact) mass is 526 g/mol. The maximum atomic E-state index is 6.25. The second-order valence-corrected chi connectivity index (χ2v) is 12.2. The summed E-state index contributed by atoms with van der Waals surface area (Å²) in [6.07, 6.45) is 0. The van der Waals surface area contributed by atoms with Crippen LogP contribution in [0.2, 0.25) is 0 Å². The van der Waals surface area contributed by atoms with E-state index in [2.05, 4.69) is 136 Å². The van der Waals surface area contributed by atoms with Crippen molar-refractivity contribution in [2.45, 2.75) is 26.2 Å². The lowest BCUT2D eigenvalue weighted by Crippen LogP contribution is -2.11. The first kappa shape index (κ1) is 24.0. The Morgan fingerprint density at radius 3 is 1.44 bits per heavy atom. The second kappa shape index (κ2) is 8.81. The number of benzene rings is 7. The van der Waals surface area contributed by atoms with E-state index in [1.54, 1.807) is 0 Å². The molecule has 1 nitrogen and oxygen atoms in total. The maximum Gasteiger partial charge on any atom is 0.136 e. The molecule has 0 aliphatic carbocycles. The van der Waals surface area contributed by atoms with E-state index in [9.17, 15) is 0 Å². The molecule has 196 valence electrons. The molecule has 8 rings (SSSR count). The number of furan rings is 1. The minimum absolute atomic E-state index is 0.00791. The summed E-state index contributed by atoms with van der Waals surface area (Å²) in [5, 5.41) is 10.1. The number of hydrogen-bond acceptors (Lipinski definition) is 1. The van der Waals surface area contributed by atoms with Crippen LogP contribution in [0.25, 0.3) is 76.5 Å². The third-order valence-electron chi connectivity index (χ3n) is 8.59. The second-order valence-electron chi connectivity index (χ2n) is 12.2. The lowest BCUT2D eigenvalue weighted by Gasteiger charge is -2.22. The largest absolute Gasteiger partial charge is 0.456 e. The van der Waals surface area contributed by atoms with Gasteiger partial charge in [0.05, 0.1) is 0 Å². The summed E-state index contributed by atoms with van der Waals surface area (Å²) >= 11 is 0. The molecule has 1 aromatic heterocycles. The molecule has 0 unspecified atom stereocenters. The molecule has 41 heavy (non-hydrogen) atoms. The summed E-state index contributed by atoms with van der Waals surface area (Å²) in [6, 6.07) is 46.5. The van der Waals surface area contributed by atoms with Crippen molar-refractivity contribution >= 4 is 54.3 Å². The number of rotatable bonds is 2.